The van der Waals surface area contributed by atoms with Gasteiger partial charge in [0, 0.05) is 17.6 Å². The number of thiocarbonyl (C=S) groups is 1. The standard InChI is InChI=1S/C15H20BrN3OS/c1-2-14(11-5-3-6-12(16)9-11)18-19-15(21)17-10-13-7-4-8-20-13/h3,5-6,9,13H,2,4,7-8,10H2,1H3,(H2,17,19,21)/b18-14-/t13-/m0/s1. The number of hydrogen-bond donors (Lipinski definition) is 2. The first-order valence-electron chi connectivity index (χ1n) is 7.17. The predicted octanol–water partition coefficient (Wildman–Crippen LogP) is 3.21. The van der Waals surface area contributed by atoms with Crippen LogP contribution in [0.4, 0.5) is 0 Å². The highest BCUT2D eigenvalue weighted by Gasteiger charge is 2.15. The zero-order valence-electron chi connectivity index (χ0n) is 12.1. The van der Waals surface area contributed by atoms with Crippen molar-refractivity contribution in [1.29, 1.82) is 0 Å². The number of halogens is 1. The summed E-state index contributed by atoms with van der Waals surface area (Å²) in [7, 11) is 0. The first-order chi connectivity index (χ1) is 10.2. The number of nitrogens with zero attached hydrogens (tertiary/aromatic N) is 1. The maximum Gasteiger partial charge on any atom is 0.187 e. The van der Waals surface area contributed by atoms with E-state index in [2.05, 4.69) is 38.7 Å². The summed E-state index contributed by atoms with van der Waals surface area (Å²) >= 11 is 8.71. The highest BCUT2D eigenvalue weighted by atomic mass is 79.9. The summed E-state index contributed by atoms with van der Waals surface area (Å²) in [6, 6.07) is 8.08. The topological polar surface area (TPSA) is 45.7 Å². The molecule has 0 aliphatic carbocycles. The third-order valence-corrected chi connectivity index (χ3v) is 4.03. The molecule has 1 heterocycles. The molecule has 1 fully saturated rings. The van der Waals surface area contributed by atoms with Crippen molar-refractivity contribution < 1.29 is 4.74 Å². The quantitative estimate of drug-likeness (QED) is 0.475. The van der Waals surface area contributed by atoms with E-state index in [9.17, 15) is 0 Å². The Kier molecular flexibility index (Phi) is 6.60. The van der Waals surface area contributed by atoms with Crippen LogP contribution in [-0.2, 0) is 4.74 Å². The molecular weight excluding hydrogens is 350 g/mol. The number of ether oxygens (including phenoxy) is 1. The van der Waals surface area contributed by atoms with E-state index < -0.39 is 0 Å². The van der Waals surface area contributed by atoms with Gasteiger partial charge in [0.2, 0.25) is 0 Å². The Hall–Kier alpha value is -0.980. The normalized spacial score (nSPS) is 18.6. The molecule has 1 atom stereocenters. The van der Waals surface area contributed by atoms with E-state index in [1.807, 2.05) is 24.3 Å². The van der Waals surface area contributed by atoms with Gasteiger partial charge in [0.1, 0.15) is 0 Å². The van der Waals surface area contributed by atoms with Crippen molar-refractivity contribution in [3.05, 3.63) is 34.3 Å². The van der Waals surface area contributed by atoms with E-state index in [4.69, 9.17) is 17.0 Å². The minimum atomic E-state index is 0.268. The van der Waals surface area contributed by atoms with Gasteiger partial charge in [0.25, 0.3) is 0 Å². The molecule has 0 unspecified atom stereocenters. The summed E-state index contributed by atoms with van der Waals surface area (Å²) in [5.74, 6) is 0. The Balaban J connectivity index is 1.86. The summed E-state index contributed by atoms with van der Waals surface area (Å²) in [6.45, 7) is 3.66. The Bertz CT molecular complexity index is 515. The number of hydrazone groups is 1. The van der Waals surface area contributed by atoms with Crippen LogP contribution in [0.15, 0.2) is 33.8 Å². The summed E-state index contributed by atoms with van der Waals surface area (Å²) in [5.41, 5.74) is 4.97. The van der Waals surface area contributed by atoms with E-state index in [0.29, 0.717) is 5.11 Å². The van der Waals surface area contributed by atoms with E-state index in [1.165, 1.54) is 0 Å². The predicted molar refractivity (Wildman–Crippen MR) is 93.7 cm³/mol. The van der Waals surface area contributed by atoms with Gasteiger partial charge in [-0.05, 0) is 49.2 Å². The molecular formula is C15H20BrN3OS. The summed E-state index contributed by atoms with van der Waals surface area (Å²) < 4.78 is 6.58. The average Bonchev–Trinajstić information content (AvgIpc) is 2.99. The Labute approximate surface area is 139 Å². The van der Waals surface area contributed by atoms with E-state index in [1.54, 1.807) is 0 Å². The fraction of sp³-hybridized carbons (Fsp3) is 0.467. The minimum absolute atomic E-state index is 0.268. The van der Waals surface area contributed by atoms with Gasteiger partial charge < -0.3 is 10.1 Å². The van der Waals surface area contributed by atoms with Gasteiger partial charge in [0.05, 0.1) is 11.8 Å². The fourth-order valence-corrected chi connectivity index (χ4v) is 2.71. The van der Waals surface area contributed by atoms with Gasteiger partial charge in [-0.3, -0.25) is 5.43 Å². The Morgan fingerprint density at radius 1 is 1.52 bits per heavy atom. The fourth-order valence-electron chi connectivity index (χ4n) is 2.19. The van der Waals surface area contributed by atoms with Gasteiger partial charge in [-0.15, -0.1) is 0 Å². The first kappa shape index (κ1) is 16.4. The van der Waals surface area contributed by atoms with Crippen LogP contribution in [0.1, 0.15) is 31.7 Å². The maximum absolute atomic E-state index is 5.54. The molecule has 1 aliphatic rings. The van der Waals surface area contributed by atoms with E-state index in [0.717, 1.165) is 48.2 Å². The first-order valence-corrected chi connectivity index (χ1v) is 8.37. The van der Waals surface area contributed by atoms with Gasteiger partial charge in [-0.25, -0.2) is 0 Å². The number of nitrogens with one attached hydrogen (secondary N) is 2. The largest absolute Gasteiger partial charge is 0.376 e. The number of hydrogen-bond acceptors (Lipinski definition) is 3. The van der Waals surface area contributed by atoms with Crippen molar-refractivity contribution in [2.24, 2.45) is 5.10 Å². The third-order valence-electron chi connectivity index (χ3n) is 3.30. The third kappa shape index (κ3) is 5.37. The molecule has 0 amide bonds. The smallest absolute Gasteiger partial charge is 0.187 e. The lowest BCUT2D eigenvalue weighted by Gasteiger charge is -2.12. The maximum atomic E-state index is 5.54. The second-order valence-corrected chi connectivity index (χ2v) is 6.20. The summed E-state index contributed by atoms with van der Waals surface area (Å²) in [4.78, 5) is 0. The van der Waals surface area contributed by atoms with Crippen molar-refractivity contribution in [2.75, 3.05) is 13.2 Å². The molecule has 1 aromatic rings. The van der Waals surface area contributed by atoms with Crippen molar-refractivity contribution in [1.82, 2.24) is 10.7 Å². The summed E-state index contributed by atoms with van der Waals surface area (Å²) in [5, 5.41) is 8.08. The molecule has 0 radical (unpaired) electrons. The molecule has 0 saturated carbocycles. The van der Waals surface area contributed by atoms with Crippen LogP contribution in [0.25, 0.3) is 0 Å². The molecule has 6 heteroatoms. The Morgan fingerprint density at radius 3 is 3.05 bits per heavy atom. The molecule has 4 nitrogen and oxygen atoms in total. The van der Waals surface area contributed by atoms with E-state index >= 15 is 0 Å². The molecule has 1 aliphatic heterocycles. The molecule has 0 aromatic heterocycles. The average molecular weight is 370 g/mol. The van der Waals surface area contributed by atoms with Crippen LogP contribution in [0.2, 0.25) is 0 Å². The molecule has 0 spiro atoms. The molecule has 21 heavy (non-hydrogen) atoms. The van der Waals surface area contributed by atoms with Gasteiger partial charge >= 0.3 is 0 Å². The number of rotatable bonds is 5. The minimum Gasteiger partial charge on any atom is -0.376 e. The van der Waals surface area contributed by atoms with Crippen molar-refractivity contribution in [3.63, 3.8) is 0 Å². The zero-order chi connectivity index (χ0) is 15.1. The molecule has 1 saturated heterocycles. The van der Waals surface area contributed by atoms with Gasteiger partial charge in [0.15, 0.2) is 5.11 Å². The number of benzene rings is 1. The molecule has 1 aromatic carbocycles. The van der Waals surface area contributed by atoms with Gasteiger partial charge in [-0.2, -0.15) is 5.10 Å². The SMILES string of the molecule is CC/C(=N/NC(=S)NC[C@@H]1CCCO1)c1cccc(Br)c1. The second-order valence-electron chi connectivity index (χ2n) is 4.88. The van der Waals surface area contributed by atoms with Crippen LogP contribution < -0.4 is 10.7 Å². The monoisotopic (exact) mass is 369 g/mol. The molecule has 114 valence electrons. The van der Waals surface area contributed by atoms with Crippen LogP contribution in [0.5, 0.6) is 0 Å². The van der Waals surface area contributed by atoms with Crippen molar-refractivity contribution in [3.8, 4) is 0 Å². The van der Waals surface area contributed by atoms with Crippen molar-refractivity contribution in [2.45, 2.75) is 32.3 Å². The molecule has 2 rings (SSSR count). The van der Waals surface area contributed by atoms with E-state index in [-0.39, 0.29) is 6.10 Å². The highest BCUT2D eigenvalue weighted by molar-refractivity contribution is 9.10. The van der Waals surface area contributed by atoms with Crippen LogP contribution in [0.3, 0.4) is 0 Å². The van der Waals surface area contributed by atoms with Crippen LogP contribution >= 0.6 is 28.1 Å². The second kappa shape index (κ2) is 8.46. The van der Waals surface area contributed by atoms with Crippen molar-refractivity contribution >= 4 is 39.0 Å². The molecule has 0 bridgehead atoms. The lowest BCUT2D eigenvalue weighted by atomic mass is 10.1. The lowest BCUT2D eigenvalue weighted by molar-refractivity contribution is 0.114. The summed E-state index contributed by atoms with van der Waals surface area (Å²) in [6.07, 6.45) is 3.33. The Morgan fingerprint density at radius 2 is 2.38 bits per heavy atom. The van der Waals surface area contributed by atoms with Crippen LogP contribution in [0, 0.1) is 0 Å². The molecule has 2 N–H and O–H groups in total. The zero-order valence-corrected chi connectivity index (χ0v) is 14.5. The lowest BCUT2D eigenvalue weighted by Crippen LogP contribution is -2.37. The van der Waals surface area contributed by atoms with Gasteiger partial charge in [-0.1, -0.05) is 35.0 Å². The van der Waals surface area contributed by atoms with Crippen LogP contribution in [-0.4, -0.2) is 30.1 Å². The highest BCUT2D eigenvalue weighted by Crippen LogP contribution is 2.13.